The number of hydrogen-bond donors (Lipinski definition) is 1. The first-order valence-electron chi connectivity index (χ1n) is 5.28. The molecular formula is C11H14BrF3N2. The van der Waals surface area contributed by atoms with Crippen molar-refractivity contribution in [2.75, 3.05) is 7.05 Å². The lowest BCUT2D eigenvalue weighted by Gasteiger charge is -2.16. The minimum atomic E-state index is -4.08. The smallest absolute Gasteiger partial charge is 0.312 e. The Morgan fingerprint density at radius 2 is 2.12 bits per heavy atom. The highest BCUT2D eigenvalue weighted by atomic mass is 79.9. The molecule has 0 saturated heterocycles. The zero-order valence-electron chi connectivity index (χ0n) is 9.39. The van der Waals surface area contributed by atoms with E-state index < -0.39 is 12.6 Å². The third kappa shape index (κ3) is 5.50. The van der Waals surface area contributed by atoms with Crippen LogP contribution < -0.4 is 5.32 Å². The highest BCUT2D eigenvalue weighted by Gasteiger charge is 2.26. The lowest BCUT2D eigenvalue weighted by Crippen LogP contribution is -2.18. The number of nitrogens with zero attached hydrogens (tertiary/aromatic N) is 1. The molecule has 0 bridgehead atoms. The summed E-state index contributed by atoms with van der Waals surface area (Å²) in [6.07, 6.45) is -2.66. The summed E-state index contributed by atoms with van der Waals surface area (Å²) in [4.78, 5) is 4.17. The van der Waals surface area contributed by atoms with Gasteiger partial charge in [-0.15, -0.1) is 0 Å². The molecule has 0 aromatic carbocycles. The Morgan fingerprint density at radius 3 is 2.59 bits per heavy atom. The van der Waals surface area contributed by atoms with Gasteiger partial charge in [0.1, 0.15) is 0 Å². The van der Waals surface area contributed by atoms with Crippen LogP contribution in [-0.4, -0.2) is 18.2 Å². The second-order valence-electron chi connectivity index (χ2n) is 3.75. The first-order valence-corrected chi connectivity index (χ1v) is 6.07. The Morgan fingerprint density at radius 1 is 1.41 bits per heavy atom. The van der Waals surface area contributed by atoms with Crippen molar-refractivity contribution >= 4 is 15.9 Å². The molecule has 1 aromatic heterocycles. The summed E-state index contributed by atoms with van der Waals surface area (Å²) in [5.74, 6) is 0. The van der Waals surface area contributed by atoms with Gasteiger partial charge in [-0.1, -0.05) is 0 Å². The lowest BCUT2D eigenvalue weighted by molar-refractivity contribution is -0.135. The van der Waals surface area contributed by atoms with E-state index in [1.807, 2.05) is 6.07 Å². The van der Waals surface area contributed by atoms with E-state index in [2.05, 4.69) is 26.2 Å². The normalized spacial score (nSPS) is 13.7. The molecule has 2 nitrogen and oxygen atoms in total. The molecule has 0 saturated carbocycles. The highest BCUT2D eigenvalue weighted by Crippen LogP contribution is 2.25. The van der Waals surface area contributed by atoms with Crippen molar-refractivity contribution in [3.05, 3.63) is 28.5 Å². The van der Waals surface area contributed by atoms with Gasteiger partial charge >= 0.3 is 6.18 Å². The fourth-order valence-electron chi connectivity index (χ4n) is 1.54. The van der Waals surface area contributed by atoms with Crippen LogP contribution in [0.5, 0.6) is 0 Å². The molecule has 0 fully saturated rings. The summed E-state index contributed by atoms with van der Waals surface area (Å²) < 4.78 is 36.9. The molecule has 1 rings (SSSR count). The molecule has 0 aliphatic carbocycles. The van der Waals surface area contributed by atoms with E-state index in [0.29, 0.717) is 6.42 Å². The number of nitrogens with one attached hydrogen (secondary N) is 1. The van der Waals surface area contributed by atoms with Crippen molar-refractivity contribution in [2.45, 2.75) is 31.5 Å². The number of rotatable bonds is 5. The van der Waals surface area contributed by atoms with E-state index in [4.69, 9.17) is 0 Å². The summed E-state index contributed by atoms with van der Waals surface area (Å²) in [6.45, 7) is 0. The van der Waals surface area contributed by atoms with Crippen LogP contribution in [0.1, 0.15) is 31.0 Å². The molecule has 17 heavy (non-hydrogen) atoms. The van der Waals surface area contributed by atoms with Crippen LogP contribution in [-0.2, 0) is 0 Å². The van der Waals surface area contributed by atoms with E-state index in [-0.39, 0.29) is 12.5 Å². The first-order chi connectivity index (χ1) is 7.92. The summed E-state index contributed by atoms with van der Waals surface area (Å²) in [6, 6.07) is 3.50. The Kier molecular flexibility index (Phi) is 5.39. The van der Waals surface area contributed by atoms with E-state index in [9.17, 15) is 13.2 Å². The van der Waals surface area contributed by atoms with Gasteiger partial charge in [-0.3, -0.25) is 4.98 Å². The predicted molar refractivity (Wildman–Crippen MR) is 63.6 cm³/mol. The Hall–Kier alpha value is -0.620. The number of halogens is 4. The molecule has 0 aliphatic rings. The average molecular weight is 311 g/mol. The third-order valence-electron chi connectivity index (χ3n) is 2.41. The fourth-order valence-corrected chi connectivity index (χ4v) is 1.77. The minimum Gasteiger partial charge on any atom is -0.312 e. The molecule has 1 heterocycles. The van der Waals surface area contributed by atoms with Gasteiger partial charge in [-0.05, 0) is 48.0 Å². The maximum Gasteiger partial charge on any atom is 0.389 e. The fraction of sp³-hybridized carbons (Fsp3) is 0.545. The van der Waals surface area contributed by atoms with Gasteiger partial charge in [0.05, 0.1) is 5.69 Å². The Labute approximate surface area is 107 Å². The van der Waals surface area contributed by atoms with Crippen LogP contribution in [0.3, 0.4) is 0 Å². The molecule has 0 aliphatic heterocycles. The molecule has 1 atom stereocenters. The van der Waals surface area contributed by atoms with Crippen LogP contribution in [0.25, 0.3) is 0 Å². The molecule has 0 amide bonds. The molecule has 96 valence electrons. The third-order valence-corrected chi connectivity index (χ3v) is 2.88. The van der Waals surface area contributed by atoms with Crippen LogP contribution >= 0.6 is 15.9 Å². The predicted octanol–water partition coefficient (Wildman–Crippen LogP) is 3.84. The van der Waals surface area contributed by atoms with Gasteiger partial charge in [0.15, 0.2) is 0 Å². The molecule has 1 unspecified atom stereocenters. The van der Waals surface area contributed by atoms with Gasteiger partial charge in [0.25, 0.3) is 0 Å². The Bertz CT molecular complexity index is 338. The maximum atomic E-state index is 12.0. The van der Waals surface area contributed by atoms with Crippen LogP contribution in [0.4, 0.5) is 13.2 Å². The average Bonchev–Trinajstić information content (AvgIpc) is 2.24. The molecule has 1 N–H and O–H groups in total. The minimum absolute atomic E-state index is 0.104. The van der Waals surface area contributed by atoms with Crippen molar-refractivity contribution in [1.82, 2.24) is 10.3 Å². The summed E-state index contributed by atoms with van der Waals surface area (Å²) >= 11 is 3.26. The van der Waals surface area contributed by atoms with Gasteiger partial charge in [0.2, 0.25) is 0 Å². The zero-order chi connectivity index (χ0) is 12.9. The monoisotopic (exact) mass is 310 g/mol. The van der Waals surface area contributed by atoms with Gasteiger partial charge < -0.3 is 5.32 Å². The number of hydrogen-bond acceptors (Lipinski definition) is 2. The van der Waals surface area contributed by atoms with E-state index >= 15 is 0 Å². The molecule has 1 aromatic rings. The van der Waals surface area contributed by atoms with E-state index in [1.54, 1.807) is 19.3 Å². The first kappa shape index (κ1) is 14.4. The maximum absolute atomic E-state index is 12.0. The lowest BCUT2D eigenvalue weighted by atomic mass is 10.1. The van der Waals surface area contributed by atoms with Gasteiger partial charge in [0, 0.05) is 23.1 Å². The molecular weight excluding hydrogens is 297 g/mol. The second-order valence-corrected chi connectivity index (χ2v) is 4.67. The number of alkyl halides is 3. The Balaban J connectivity index is 2.51. The zero-order valence-corrected chi connectivity index (χ0v) is 11.0. The summed E-state index contributed by atoms with van der Waals surface area (Å²) in [5, 5.41) is 2.98. The summed E-state index contributed by atoms with van der Waals surface area (Å²) in [7, 11) is 1.72. The van der Waals surface area contributed by atoms with Crippen molar-refractivity contribution < 1.29 is 13.2 Å². The standard InChI is InChI=1S/C11H14BrF3N2/c1-16-9(3-2-6-11(13,14)15)10-5-4-8(12)7-17-10/h4-5,7,9,16H,2-3,6H2,1H3. The van der Waals surface area contributed by atoms with E-state index in [1.165, 1.54) is 0 Å². The number of pyridine rings is 1. The van der Waals surface area contributed by atoms with Gasteiger partial charge in [-0.25, -0.2) is 0 Å². The van der Waals surface area contributed by atoms with Gasteiger partial charge in [-0.2, -0.15) is 13.2 Å². The van der Waals surface area contributed by atoms with Crippen LogP contribution in [0.2, 0.25) is 0 Å². The van der Waals surface area contributed by atoms with Crippen molar-refractivity contribution in [3.8, 4) is 0 Å². The van der Waals surface area contributed by atoms with Crippen LogP contribution in [0, 0.1) is 0 Å². The van der Waals surface area contributed by atoms with Crippen molar-refractivity contribution in [3.63, 3.8) is 0 Å². The van der Waals surface area contributed by atoms with Crippen molar-refractivity contribution in [2.24, 2.45) is 0 Å². The SMILES string of the molecule is CNC(CCCC(F)(F)F)c1ccc(Br)cn1. The van der Waals surface area contributed by atoms with Crippen LogP contribution in [0.15, 0.2) is 22.8 Å². The molecule has 6 heteroatoms. The van der Waals surface area contributed by atoms with Crippen molar-refractivity contribution in [1.29, 1.82) is 0 Å². The topological polar surface area (TPSA) is 24.9 Å². The highest BCUT2D eigenvalue weighted by molar-refractivity contribution is 9.10. The quantitative estimate of drug-likeness (QED) is 0.894. The second kappa shape index (κ2) is 6.35. The molecule has 0 spiro atoms. The largest absolute Gasteiger partial charge is 0.389 e. The number of aromatic nitrogens is 1. The molecule has 0 radical (unpaired) electrons. The van der Waals surface area contributed by atoms with E-state index in [0.717, 1.165) is 10.2 Å². The summed E-state index contributed by atoms with van der Waals surface area (Å²) in [5.41, 5.74) is 0.762.